The zero-order chi connectivity index (χ0) is 9.35. The van der Waals surface area contributed by atoms with Crippen LogP contribution in [0.4, 0.5) is 0 Å². The molecule has 0 saturated heterocycles. The van der Waals surface area contributed by atoms with E-state index in [9.17, 15) is 5.11 Å². The Hall–Kier alpha value is -0.0800. The fourth-order valence-corrected chi connectivity index (χ4v) is 1.55. The normalized spacial score (nSPS) is 21.5. The Balaban J connectivity index is 2.47. The van der Waals surface area contributed by atoms with Crippen LogP contribution in [0.5, 0.6) is 0 Å². The molecular weight excluding hydrogens is 152 g/mol. The van der Waals surface area contributed by atoms with E-state index in [0.717, 1.165) is 0 Å². The van der Waals surface area contributed by atoms with E-state index < -0.39 is 5.60 Å². The van der Waals surface area contributed by atoms with E-state index in [-0.39, 0.29) is 6.10 Å². The van der Waals surface area contributed by atoms with E-state index in [1.165, 1.54) is 12.8 Å². The Morgan fingerprint density at radius 1 is 1.33 bits per heavy atom. The van der Waals surface area contributed by atoms with Crippen molar-refractivity contribution >= 4 is 0 Å². The van der Waals surface area contributed by atoms with Crippen molar-refractivity contribution in [1.29, 1.82) is 0 Å². The molecule has 1 atom stereocenters. The Kier molecular flexibility index (Phi) is 2.79. The van der Waals surface area contributed by atoms with Crippen LogP contribution in [0.2, 0.25) is 0 Å². The van der Waals surface area contributed by atoms with E-state index in [4.69, 9.17) is 4.74 Å². The molecule has 1 aliphatic carbocycles. The molecule has 1 aliphatic rings. The van der Waals surface area contributed by atoms with Gasteiger partial charge in [-0.05, 0) is 32.6 Å². The minimum Gasteiger partial charge on any atom is -0.388 e. The summed E-state index contributed by atoms with van der Waals surface area (Å²) >= 11 is 0. The first-order valence-corrected chi connectivity index (χ1v) is 4.79. The van der Waals surface area contributed by atoms with Gasteiger partial charge in [-0.3, -0.25) is 0 Å². The lowest BCUT2D eigenvalue weighted by Gasteiger charge is -2.32. The summed E-state index contributed by atoms with van der Waals surface area (Å²) in [5.74, 6) is 0.380. The Bertz CT molecular complexity index is 142. The van der Waals surface area contributed by atoms with Gasteiger partial charge in [0.05, 0.1) is 17.8 Å². The van der Waals surface area contributed by atoms with Gasteiger partial charge in [0, 0.05) is 0 Å². The molecule has 0 heterocycles. The second kappa shape index (κ2) is 3.35. The highest BCUT2D eigenvalue weighted by molar-refractivity contribution is 4.85. The molecule has 72 valence electrons. The summed E-state index contributed by atoms with van der Waals surface area (Å²) in [5.41, 5.74) is -0.712. The van der Waals surface area contributed by atoms with Gasteiger partial charge in [-0.2, -0.15) is 0 Å². The van der Waals surface area contributed by atoms with Gasteiger partial charge in [-0.1, -0.05) is 13.8 Å². The summed E-state index contributed by atoms with van der Waals surface area (Å²) in [6.07, 6.45) is 2.73. The third kappa shape index (κ3) is 2.76. The van der Waals surface area contributed by atoms with Crippen molar-refractivity contribution in [1.82, 2.24) is 0 Å². The van der Waals surface area contributed by atoms with Crippen molar-refractivity contribution in [2.45, 2.75) is 58.3 Å². The van der Waals surface area contributed by atoms with Crippen molar-refractivity contribution < 1.29 is 9.84 Å². The number of ether oxygens (including phenoxy) is 1. The van der Waals surface area contributed by atoms with Crippen molar-refractivity contribution in [2.75, 3.05) is 0 Å². The Labute approximate surface area is 74.9 Å². The predicted molar refractivity (Wildman–Crippen MR) is 49.0 cm³/mol. The van der Waals surface area contributed by atoms with Gasteiger partial charge in [0.2, 0.25) is 0 Å². The van der Waals surface area contributed by atoms with Crippen LogP contribution in [0.1, 0.15) is 40.5 Å². The fraction of sp³-hybridized carbons (Fsp3) is 1.00. The molecule has 0 spiro atoms. The van der Waals surface area contributed by atoms with E-state index in [2.05, 4.69) is 13.8 Å². The lowest BCUT2D eigenvalue weighted by molar-refractivity contribution is -0.115. The summed E-state index contributed by atoms with van der Waals surface area (Å²) in [6, 6.07) is 0. The summed E-state index contributed by atoms with van der Waals surface area (Å²) in [5, 5.41) is 9.80. The van der Waals surface area contributed by atoms with Gasteiger partial charge in [0.1, 0.15) is 0 Å². The van der Waals surface area contributed by atoms with Crippen molar-refractivity contribution in [3.63, 3.8) is 0 Å². The van der Waals surface area contributed by atoms with E-state index in [1.807, 2.05) is 13.8 Å². The summed E-state index contributed by atoms with van der Waals surface area (Å²) < 4.78 is 5.74. The highest BCUT2D eigenvalue weighted by atomic mass is 16.5. The van der Waals surface area contributed by atoms with Crippen molar-refractivity contribution in [3.8, 4) is 0 Å². The van der Waals surface area contributed by atoms with Crippen LogP contribution in [0.3, 0.4) is 0 Å². The third-order valence-corrected chi connectivity index (χ3v) is 2.17. The largest absolute Gasteiger partial charge is 0.388 e. The minimum atomic E-state index is -0.712. The monoisotopic (exact) mass is 172 g/mol. The lowest BCUT2D eigenvalue weighted by Crippen LogP contribution is -2.42. The predicted octanol–water partition coefficient (Wildman–Crippen LogP) is 1.96. The van der Waals surface area contributed by atoms with Crippen molar-refractivity contribution in [3.05, 3.63) is 0 Å². The molecule has 0 aliphatic heterocycles. The smallest absolute Gasteiger partial charge is 0.0883 e. The van der Waals surface area contributed by atoms with Crippen LogP contribution in [0.15, 0.2) is 0 Å². The van der Waals surface area contributed by atoms with Crippen molar-refractivity contribution in [2.24, 2.45) is 5.92 Å². The maximum Gasteiger partial charge on any atom is 0.0883 e. The number of hydrogen-bond donors (Lipinski definition) is 1. The SMILES string of the molecule is CC(C)[C@H](OC1CC1)C(C)(C)O. The molecule has 0 amide bonds. The van der Waals surface area contributed by atoms with Crippen LogP contribution < -0.4 is 0 Å². The molecular formula is C10H20O2. The van der Waals surface area contributed by atoms with Crippen LogP contribution in [-0.2, 0) is 4.74 Å². The summed E-state index contributed by atoms with van der Waals surface area (Å²) in [6.45, 7) is 7.82. The van der Waals surface area contributed by atoms with Gasteiger partial charge < -0.3 is 9.84 Å². The van der Waals surface area contributed by atoms with E-state index in [1.54, 1.807) is 0 Å². The molecule has 2 nitrogen and oxygen atoms in total. The topological polar surface area (TPSA) is 29.5 Å². The van der Waals surface area contributed by atoms with E-state index in [0.29, 0.717) is 12.0 Å². The average molecular weight is 172 g/mol. The first kappa shape index (κ1) is 10.0. The second-order valence-corrected chi connectivity index (χ2v) is 4.65. The Morgan fingerprint density at radius 3 is 2.08 bits per heavy atom. The first-order valence-electron chi connectivity index (χ1n) is 4.79. The molecule has 12 heavy (non-hydrogen) atoms. The van der Waals surface area contributed by atoms with Gasteiger partial charge >= 0.3 is 0 Å². The molecule has 1 saturated carbocycles. The molecule has 2 heteroatoms. The lowest BCUT2D eigenvalue weighted by atomic mass is 9.92. The highest BCUT2D eigenvalue weighted by Crippen LogP contribution is 2.31. The quantitative estimate of drug-likeness (QED) is 0.702. The molecule has 1 fully saturated rings. The molecule has 0 aromatic carbocycles. The zero-order valence-corrected chi connectivity index (χ0v) is 8.50. The van der Waals surface area contributed by atoms with E-state index >= 15 is 0 Å². The number of hydrogen-bond acceptors (Lipinski definition) is 2. The third-order valence-electron chi connectivity index (χ3n) is 2.17. The average Bonchev–Trinajstić information content (AvgIpc) is 2.61. The van der Waals surface area contributed by atoms with Gasteiger partial charge in [-0.15, -0.1) is 0 Å². The van der Waals surface area contributed by atoms with Gasteiger partial charge in [-0.25, -0.2) is 0 Å². The molecule has 0 unspecified atom stereocenters. The highest BCUT2D eigenvalue weighted by Gasteiger charge is 2.35. The number of aliphatic hydroxyl groups is 1. The molecule has 0 aromatic heterocycles. The van der Waals surface area contributed by atoms with Crippen LogP contribution in [-0.4, -0.2) is 22.9 Å². The standard InChI is InChI=1S/C10H20O2/c1-7(2)9(10(3,4)11)12-8-5-6-8/h7-9,11H,5-6H2,1-4H3/t9-/m0/s1. The Morgan fingerprint density at radius 2 is 1.83 bits per heavy atom. The summed E-state index contributed by atoms with van der Waals surface area (Å²) in [4.78, 5) is 0. The molecule has 0 aromatic rings. The van der Waals surface area contributed by atoms with Gasteiger partial charge in [0.15, 0.2) is 0 Å². The van der Waals surface area contributed by atoms with Crippen LogP contribution in [0.25, 0.3) is 0 Å². The van der Waals surface area contributed by atoms with Crippen LogP contribution in [0, 0.1) is 5.92 Å². The maximum absolute atomic E-state index is 9.80. The minimum absolute atomic E-state index is 0.0231. The molecule has 1 rings (SSSR count). The fourth-order valence-electron chi connectivity index (χ4n) is 1.55. The summed E-state index contributed by atoms with van der Waals surface area (Å²) in [7, 11) is 0. The second-order valence-electron chi connectivity index (χ2n) is 4.65. The van der Waals surface area contributed by atoms with Gasteiger partial charge in [0.25, 0.3) is 0 Å². The zero-order valence-electron chi connectivity index (χ0n) is 8.50. The first-order chi connectivity index (χ1) is 5.41. The van der Waals surface area contributed by atoms with Crippen LogP contribution >= 0.6 is 0 Å². The number of rotatable bonds is 4. The molecule has 0 radical (unpaired) electrons. The molecule has 0 bridgehead atoms. The molecule has 1 N–H and O–H groups in total. The maximum atomic E-state index is 9.80.